The highest BCUT2D eigenvalue weighted by Gasteiger charge is 2.33. The number of benzene rings is 1. The zero-order chi connectivity index (χ0) is 17.2. The number of likely N-dealkylation sites (tertiary alicyclic amines) is 1. The zero-order valence-electron chi connectivity index (χ0n) is 14.2. The fourth-order valence-corrected chi connectivity index (χ4v) is 4.78. The number of hydrogen-bond acceptors (Lipinski definition) is 4. The third-order valence-electron chi connectivity index (χ3n) is 5.25. The van der Waals surface area contributed by atoms with E-state index in [1.807, 2.05) is 0 Å². The van der Waals surface area contributed by atoms with E-state index in [4.69, 9.17) is 0 Å². The van der Waals surface area contributed by atoms with Gasteiger partial charge in [-0.25, -0.2) is 8.42 Å². The second-order valence-electron chi connectivity index (χ2n) is 7.07. The van der Waals surface area contributed by atoms with Crippen LogP contribution in [0.4, 0.5) is 5.69 Å². The van der Waals surface area contributed by atoms with Crippen molar-refractivity contribution >= 4 is 21.4 Å². The Hall–Kier alpha value is -1.40. The van der Waals surface area contributed by atoms with Gasteiger partial charge in [0.2, 0.25) is 5.91 Å². The lowest BCUT2D eigenvalue weighted by Gasteiger charge is -2.43. The van der Waals surface area contributed by atoms with Gasteiger partial charge in [-0.05, 0) is 56.3 Å². The molecule has 0 bridgehead atoms. The summed E-state index contributed by atoms with van der Waals surface area (Å²) in [5.74, 6) is 0.681. The lowest BCUT2D eigenvalue weighted by Crippen LogP contribution is -2.49. The van der Waals surface area contributed by atoms with Crippen molar-refractivity contribution in [1.82, 2.24) is 4.90 Å². The molecule has 2 atom stereocenters. The Balaban J connectivity index is 1.63. The minimum Gasteiger partial charge on any atom is -0.325 e. The van der Waals surface area contributed by atoms with Crippen LogP contribution in [0.1, 0.15) is 38.5 Å². The molecule has 1 aromatic rings. The summed E-state index contributed by atoms with van der Waals surface area (Å²) in [5.41, 5.74) is 0.542. The van der Waals surface area contributed by atoms with Gasteiger partial charge < -0.3 is 5.32 Å². The number of carbonyl (C=O) groups excluding carboxylic acids is 1. The summed E-state index contributed by atoms with van der Waals surface area (Å²) in [5, 5.41) is 2.85. The van der Waals surface area contributed by atoms with Crippen LogP contribution in [0.25, 0.3) is 0 Å². The largest absolute Gasteiger partial charge is 0.325 e. The van der Waals surface area contributed by atoms with Crippen molar-refractivity contribution in [3.63, 3.8) is 0 Å². The predicted molar refractivity (Wildman–Crippen MR) is 94.7 cm³/mol. The van der Waals surface area contributed by atoms with Gasteiger partial charge >= 0.3 is 0 Å². The third kappa shape index (κ3) is 4.16. The molecule has 1 heterocycles. The predicted octanol–water partition coefficient (Wildman–Crippen LogP) is 2.68. The molecule has 2 aliphatic rings. The SMILES string of the molecule is CS(=O)(=O)c1cccc(NC(=O)CN2CCC[C@H]3CCCC[C@@H]32)c1. The maximum absolute atomic E-state index is 12.4. The van der Waals surface area contributed by atoms with Gasteiger partial charge in [-0.3, -0.25) is 9.69 Å². The van der Waals surface area contributed by atoms with Crippen molar-refractivity contribution in [2.75, 3.05) is 24.7 Å². The first-order valence-electron chi connectivity index (χ1n) is 8.77. The summed E-state index contributed by atoms with van der Waals surface area (Å²) in [7, 11) is -3.27. The number of amides is 1. The second kappa shape index (κ2) is 7.23. The fraction of sp³-hybridized carbons (Fsp3) is 0.611. The van der Waals surface area contributed by atoms with Gasteiger partial charge in [-0.2, -0.15) is 0 Å². The Bertz CT molecular complexity index is 700. The van der Waals surface area contributed by atoms with E-state index in [0.717, 1.165) is 18.9 Å². The molecular weight excluding hydrogens is 324 g/mol. The molecule has 1 aromatic carbocycles. The molecule has 1 amide bonds. The summed E-state index contributed by atoms with van der Waals surface area (Å²) in [4.78, 5) is 15.0. The van der Waals surface area contributed by atoms with Crippen molar-refractivity contribution in [2.45, 2.75) is 49.5 Å². The maximum atomic E-state index is 12.4. The Kier molecular flexibility index (Phi) is 5.25. The maximum Gasteiger partial charge on any atom is 0.238 e. The van der Waals surface area contributed by atoms with Crippen LogP contribution in [-0.2, 0) is 14.6 Å². The number of nitrogens with one attached hydrogen (secondary N) is 1. The lowest BCUT2D eigenvalue weighted by atomic mass is 9.78. The van der Waals surface area contributed by atoms with E-state index in [-0.39, 0.29) is 10.8 Å². The Morgan fingerprint density at radius 2 is 1.96 bits per heavy atom. The van der Waals surface area contributed by atoms with E-state index >= 15 is 0 Å². The van der Waals surface area contributed by atoms with Crippen molar-refractivity contribution in [2.24, 2.45) is 5.92 Å². The first kappa shape index (κ1) is 17.4. The second-order valence-corrected chi connectivity index (χ2v) is 9.09. The van der Waals surface area contributed by atoms with Crippen LogP contribution in [-0.4, -0.2) is 44.6 Å². The normalized spacial score (nSPS) is 25.0. The number of sulfone groups is 1. The Morgan fingerprint density at radius 1 is 1.21 bits per heavy atom. The van der Waals surface area contributed by atoms with Gasteiger partial charge in [-0.1, -0.05) is 18.9 Å². The summed E-state index contributed by atoms with van der Waals surface area (Å²) in [6, 6.07) is 6.99. The van der Waals surface area contributed by atoms with E-state index in [2.05, 4.69) is 10.2 Å². The summed E-state index contributed by atoms with van der Waals surface area (Å²) in [6.45, 7) is 1.38. The standard InChI is InChI=1S/C18H26N2O3S/c1-24(22,23)16-9-4-8-15(12-16)19-18(21)13-20-11-5-7-14-6-2-3-10-17(14)20/h4,8-9,12,14,17H,2-3,5-7,10-11,13H2,1H3,(H,19,21)/t14-,17+/m1/s1. The molecule has 5 nitrogen and oxygen atoms in total. The number of rotatable bonds is 4. The lowest BCUT2D eigenvalue weighted by molar-refractivity contribution is -0.118. The number of piperidine rings is 1. The summed E-state index contributed by atoms with van der Waals surface area (Å²) >= 11 is 0. The van der Waals surface area contributed by atoms with Crippen molar-refractivity contribution in [1.29, 1.82) is 0 Å². The molecule has 1 saturated carbocycles. The van der Waals surface area contributed by atoms with Crippen molar-refractivity contribution in [3.05, 3.63) is 24.3 Å². The average Bonchev–Trinajstić information content (AvgIpc) is 2.54. The highest BCUT2D eigenvalue weighted by Crippen LogP contribution is 2.35. The van der Waals surface area contributed by atoms with E-state index in [9.17, 15) is 13.2 Å². The molecule has 1 saturated heterocycles. The molecule has 1 N–H and O–H groups in total. The van der Waals surface area contributed by atoms with Gasteiger partial charge in [0, 0.05) is 18.0 Å². The van der Waals surface area contributed by atoms with E-state index in [0.29, 0.717) is 18.3 Å². The molecule has 3 rings (SSSR count). The molecule has 0 radical (unpaired) electrons. The first-order chi connectivity index (χ1) is 11.4. The summed E-state index contributed by atoms with van der Waals surface area (Å²) in [6.07, 6.45) is 8.69. The van der Waals surface area contributed by atoms with Crippen molar-refractivity contribution in [3.8, 4) is 0 Å². The average molecular weight is 350 g/mol. The Morgan fingerprint density at radius 3 is 2.75 bits per heavy atom. The quantitative estimate of drug-likeness (QED) is 0.907. The zero-order valence-corrected chi connectivity index (χ0v) is 15.0. The van der Waals surface area contributed by atoms with E-state index < -0.39 is 9.84 Å². The number of anilines is 1. The molecule has 2 fully saturated rings. The molecule has 1 aliphatic carbocycles. The minimum atomic E-state index is -3.27. The Labute approximate surface area is 144 Å². The molecular formula is C18H26N2O3S. The number of fused-ring (bicyclic) bond motifs is 1. The van der Waals surface area contributed by atoms with Crippen molar-refractivity contribution < 1.29 is 13.2 Å². The molecule has 0 unspecified atom stereocenters. The first-order valence-corrected chi connectivity index (χ1v) is 10.7. The van der Waals surface area contributed by atoms with Crippen LogP contribution < -0.4 is 5.32 Å². The van der Waals surface area contributed by atoms with E-state index in [1.165, 1.54) is 44.4 Å². The van der Waals surface area contributed by atoms with Crippen LogP contribution in [0.2, 0.25) is 0 Å². The van der Waals surface area contributed by atoms with Crippen LogP contribution in [0.3, 0.4) is 0 Å². The van der Waals surface area contributed by atoms with Crippen LogP contribution >= 0.6 is 0 Å². The molecule has 24 heavy (non-hydrogen) atoms. The third-order valence-corrected chi connectivity index (χ3v) is 6.36. The van der Waals surface area contributed by atoms with Gasteiger partial charge in [0.05, 0.1) is 11.4 Å². The van der Waals surface area contributed by atoms with Crippen LogP contribution in [0.5, 0.6) is 0 Å². The van der Waals surface area contributed by atoms with Gasteiger partial charge in [0.25, 0.3) is 0 Å². The molecule has 0 spiro atoms. The van der Waals surface area contributed by atoms with Crippen LogP contribution in [0, 0.1) is 5.92 Å². The molecule has 6 heteroatoms. The minimum absolute atomic E-state index is 0.0631. The number of hydrogen-bond donors (Lipinski definition) is 1. The highest BCUT2D eigenvalue weighted by atomic mass is 32.2. The van der Waals surface area contributed by atoms with Gasteiger partial charge in [-0.15, -0.1) is 0 Å². The number of carbonyl (C=O) groups is 1. The summed E-state index contributed by atoms with van der Waals surface area (Å²) < 4.78 is 23.2. The monoisotopic (exact) mass is 350 g/mol. The van der Waals surface area contributed by atoms with Gasteiger partial charge in [0.15, 0.2) is 9.84 Å². The fourth-order valence-electron chi connectivity index (χ4n) is 4.11. The van der Waals surface area contributed by atoms with Crippen LogP contribution in [0.15, 0.2) is 29.2 Å². The smallest absolute Gasteiger partial charge is 0.238 e. The molecule has 1 aliphatic heterocycles. The van der Waals surface area contributed by atoms with E-state index in [1.54, 1.807) is 18.2 Å². The topological polar surface area (TPSA) is 66.5 Å². The highest BCUT2D eigenvalue weighted by molar-refractivity contribution is 7.90. The molecule has 132 valence electrons. The number of nitrogens with zero attached hydrogens (tertiary/aromatic N) is 1. The molecule has 0 aromatic heterocycles. The van der Waals surface area contributed by atoms with Gasteiger partial charge in [0.1, 0.15) is 0 Å².